The summed E-state index contributed by atoms with van der Waals surface area (Å²) in [6.07, 6.45) is 1.92. The third-order valence-corrected chi connectivity index (χ3v) is 4.26. The minimum atomic E-state index is -1.04. The van der Waals surface area contributed by atoms with Gasteiger partial charge in [-0.05, 0) is 31.0 Å². The number of amides is 1. The van der Waals surface area contributed by atoms with Crippen molar-refractivity contribution in [2.45, 2.75) is 18.9 Å². The van der Waals surface area contributed by atoms with Gasteiger partial charge in [0.25, 0.3) is 5.91 Å². The number of nitrogens with zero attached hydrogens (tertiary/aromatic N) is 1. The van der Waals surface area contributed by atoms with Crippen molar-refractivity contribution in [3.05, 3.63) is 45.9 Å². The second kappa shape index (κ2) is 6.25. The number of carboxylic acid groups (broad SMARTS) is 1. The van der Waals surface area contributed by atoms with Gasteiger partial charge in [-0.25, -0.2) is 9.78 Å². The lowest BCUT2D eigenvalue weighted by Crippen LogP contribution is -2.13. The highest BCUT2D eigenvalue weighted by Crippen LogP contribution is 2.30. The first-order valence-corrected chi connectivity index (χ1v) is 7.73. The SMILES string of the molecule is O=C(O)c1cccc(NC(=O)c2csc(C3CCCO3)n2)c1. The molecule has 0 bridgehead atoms. The predicted octanol–water partition coefficient (Wildman–Crippen LogP) is 2.95. The molecule has 1 aromatic carbocycles. The van der Waals surface area contributed by atoms with E-state index in [-0.39, 0.29) is 17.6 Å². The van der Waals surface area contributed by atoms with E-state index < -0.39 is 5.97 Å². The number of hydrogen-bond acceptors (Lipinski definition) is 5. The van der Waals surface area contributed by atoms with Gasteiger partial charge < -0.3 is 15.2 Å². The summed E-state index contributed by atoms with van der Waals surface area (Å²) in [7, 11) is 0. The molecule has 1 aliphatic rings. The number of carbonyl (C=O) groups is 2. The molecule has 0 radical (unpaired) electrons. The van der Waals surface area contributed by atoms with Crippen LogP contribution < -0.4 is 5.32 Å². The molecule has 1 saturated heterocycles. The van der Waals surface area contributed by atoms with E-state index in [4.69, 9.17) is 9.84 Å². The summed E-state index contributed by atoms with van der Waals surface area (Å²) in [6.45, 7) is 0.730. The van der Waals surface area contributed by atoms with Gasteiger partial charge in [-0.3, -0.25) is 4.79 Å². The molecule has 1 fully saturated rings. The fourth-order valence-corrected chi connectivity index (χ4v) is 3.12. The summed E-state index contributed by atoms with van der Waals surface area (Å²) < 4.78 is 5.54. The molecule has 6 nitrogen and oxygen atoms in total. The van der Waals surface area contributed by atoms with Gasteiger partial charge >= 0.3 is 5.97 Å². The lowest BCUT2D eigenvalue weighted by Gasteiger charge is -2.05. The zero-order chi connectivity index (χ0) is 15.5. The number of aromatic carboxylic acids is 1. The maximum Gasteiger partial charge on any atom is 0.335 e. The highest BCUT2D eigenvalue weighted by atomic mass is 32.1. The van der Waals surface area contributed by atoms with Crippen LogP contribution in [0.5, 0.6) is 0 Å². The van der Waals surface area contributed by atoms with Crippen molar-refractivity contribution in [3.8, 4) is 0 Å². The average Bonchev–Trinajstić information content (AvgIpc) is 3.18. The van der Waals surface area contributed by atoms with E-state index in [1.165, 1.54) is 23.5 Å². The second-order valence-electron chi connectivity index (χ2n) is 4.91. The maximum atomic E-state index is 12.2. The molecule has 3 rings (SSSR count). The van der Waals surface area contributed by atoms with Gasteiger partial charge in [0.2, 0.25) is 0 Å². The Morgan fingerprint density at radius 2 is 2.27 bits per heavy atom. The summed E-state index contributed by atoms with van der Waals surface area (Å²) >= 11 is 1.40. The number of thiazole rings is 1. The van der Waals surface area contributed by atoms with Crippen molar-refractivity contribution in [3.63, 3.8) is 0 Å². The summed E-state index contributed by atoms with van der Waals surface area (Å²) in [4.78, 5) is 27.4. The highest BCUT2D eigenvalue weighted by molar-refractivity contribution is 7.09. The number of benzene rings is 1. The average molecular weight is 318 g/mol. The number of aromatic nitrogens is 1. The van der Waals surface area contributed by atoms with Crippen LogP contribution in [0.3, 0.4) is 0 Å². The van der Waals surface area contributed by atoms with E-state index >= 15 is 0 Å². The summed E-state index contributed by atoms with van der Waals surface area (Å²) in [5, 5.41) is 14.1. The van der Waals surface area contributed by atoms with Gasteiger partial charge in [-0.2, -0.15) is 0 Å². The normalized spacial score (nSPS) is 17.4. The lowest BCUT2D eigenvalue weighted by molar-refractivity contribution is 0.0696. The van der Waals surface area contributed by atoms with Crippen molar-refractivity contribution in [1.82, 2.24) is 4.98 Å². The molecule has 0 aliphatic carbocycles. The van der Waals surface area contributed by atoms with Crippen LogP contribution in [0, 0.1) is 0 Å². The van der Waals surface area contributed by atoms with Crippen molar-refractivity contribution < 1.29 is 19.4 Å². The Morgan fingerprint density at radius 3 is 3.00 bits per heavy atom. The van der Waals surface area contributed by atoms with Gasteiger partial charge in [0.1, 0.15) is 16.8 Å². The van der Waals surface area contributed by atoms with E-state index in [1.807, 2.05) is 0 Å². The van der Waals surface area contributed by atoms with E-state index in [2.05, 4.69) is 10.3 Å². The maximum absolute atomic E-state index is 12.2. The van der Waals surface area contributed by atoms with Gasteiger partial charge in [0, 0.05) is 17.7 Å². The largest absolute Gasteiger partial charge is 0.478 e. The predicted molar refractivity (Wildman–Crippen MR) is 81.4 cm³/mol. The number of rotatable bonds is 4. The molecule has 1 unspecified atom stereocenters. The van der Waals surface area contributed by atoms with E-state index in [0.717, 1.165) is 24.5 Å². The van der Waals surface area contributed by atoms with Crippen molar-refractivity contribution >= 4 is 28.9 Å². The number of hydrogen-bond donors (Lipinski definition) is 2. The van der Waals surface area contributed by atoms with Crippen LogP contribution in [0.15, 0.2) is 29.6 Å². The van der Waals surface area contributed by atoms with Crippen LogP contribution in [0.4, 0.5) is 5.69 Å². The van der Waals surface area contributed by atoms with E-state index in [0.29, 0.717) is 11.4 Å². The number of anilines is 1. The van der Waals surface area contributed by atoms with Crippen molar-refractivity contribution in [2.75, 3.05) is 11.9 Å². The summed E-state index contributed by atoms with van der Waals surface area (Å²) in [5.41, 5.74) is 0.865. The Hall–Kier alpha value is -2.25. The Bertz CT molecular complexity index is 707. The van der Waals surface area contributed by atoms with Gasteiger partial charge in [0.05, 0.1) is 5.56 Å². The quantitative estimate of drug-likeness (QED) is 0.905. The van der Waals surface area contributed by atoms with Gasteiger partial charge in [-0.1, -0.05) is 6.07 Å². The number of carbonyl (C=O) groups excluding carboxylic acids is 1. The Kier molecular flexibility index (Phi) is 4.17. The van der Waals surface area contributed by atoms with Crippen LogP contribution >= 0.6 is 11.3 Å². The van der Waals surface area contributed by atoms with Gasteiger partial charge in [-0.15, -0.1) is 11.3 Å². The molecule has 7 heteroatoms. The minimum Gasteiger partial charge on any atom is -0.478 e. The molecular weight excluding hydrogens is 304 g/mol. The van der Waals surface area contributed by atoms with Crippen LogP contribution in [0.2, 0.25) is 0 Å². The Balaban J connectivity index is 1.71. The Labute approximate surface area is 130 Å². The molecule has 22 heavy (non-hydrogen) atoms. The molecule has 0 saturated carbocycles. The minimum absolute atomic E-state index is 0.0121. The molecule has 1 aromatic heterocycles. The van der Waals surface area contributed by atoms with Crippen molar-refractivity contribution in [1.29, 1.82) is 0 Å². The third-order valence-electron chi connectivity index (χ3n) is 3.33. The van der Waals surface area contributed by atoms with Crippen LogP contribution in [-0.4, -0.2) is 28.6 Å². The van der Waals surface area contributed by atoms with Crippen LogP contribution in [-0.2, 0) is 4.74 Å². The lowest BCUT2D eigenvalue weighted by atomic mass is 10.2. The first kappa shape index (κ1) is 14.7. The molecule has 0 spiro atoms. The number of ether oxygens (including phenoxy) is 1. The topological polar surface area (TPSA) is 88.5 Å². The van der Waals surface area contributed by atoms with E-state index in [1.54, 1.807) is 17.5 Å². The first-order chi connectivity index (χ1) is 10.6. The number of carboxylic acids is 1. The molecule has 114 valence electrons. The first-order valence-electron chi connectivity index (χ1n) is 6.85. The smallest absolute Gasteiger partial charge is 0.335 e. The molecule has 2 heterocycles. The zero-order valence-corrected chi connectivity index (χ0v) is 12.4. The monoisotopic (exact) mass is 318 g/mol. The Morgan fingerprint density at radius 1 is 1.41 bits per heavy atom. The molecule has 2 aromatic rings. The van der Waals surface area contributed by atoms with Crippen molar-refractivity contribution in [2.24, 2.45) is 0 Å². The summed E-state index contributed by atoms with van der Waals surface area (Å²) in [5.74, 6) is -1.39. The molecule has 1 atom stereocenters. The second-order valence-corrected chi connectivity index (χ2v) is 5.80. The molecule has 1 aliphatic heterocycles. The van der Waals surface area contributed by atoms with Crippen LogP contribution in [0.25, 0.3) is 0 Å². The molecule has 2 N–H and O–H groups in total. The fraction of sp³-hybridized carbons (Fsp3) is 0.267. The standard InChI is InChI=1S/C15H14N2O4S/c18-13(16-10-4-1-3-9(7-10)15(19)20)11-8-22-14(17-11)12-5-2-6-21-12/h1,3-4,7-8,12H,2,5-6H2,(H,16,18)(H,19,20). The zero-order valence-electron chi connectivity index (χ0n) is 11.6. The highest BCUT2D eigenvalue weighted by Gasteiger charge is 2.22. The van der Waals surface area contributed by atoms with Crippen LogP contribution in [0.1, 0.15) is 44.8 Å². The van der Waals surface area contributed by atoms with E-state index in [9.17, 15) is 9.59 Å². The molecular formula is C15H14N2O4S. The number of nitrogens with one attached hydrogen (secondary N) is 1. The fourth-order valence-electron chi connectivity index (χ4n) is 2.24. The third kappa shape index (κ3) is 3.15. The van der Waals surface area contributed by atoms with Gasteiger partial charge in [0.15, 0.2) is 0 Å². The molecule has 1 amide bonds. The summed E-state index contributed by atoms with van der Waals surface area (Å²) in [6, 6.07) is 6.10.